The Balaban J connectivity index is -0.000000300. The molecule has 0 amide bonds. The second-order valence-electron chi connectivity index (χ2n) is 21.2. The van der Waals surface area contributed by atoms with E-state index in [1.54, 1.807) is 0 Å². The van der Waals surface area contributed by atoms with Crippen LogP contribution in [0.2, 0.25) is 0 Å². The minimum Gasteiger partial charge on any atom is -0.657 e. The van der Waals surface area contributed by atoms with E-state index in [0.29, 0.717) is 10.8 Å². The molecular weight excluding hydrogens is 724 g/mol. The largest absolute Gasteiger partial charge is 4.00 e. The topological polar surface area (TPSA) is 28.2 Å². The Hall–Kier alpha value is 0.634. The van der Waals surface area contributed by atoms with E-state index >= 15 is 0 Å². The van der Waals surface area contributed by atoms with E-state index in [9.17, 15) is 0 Å². The summed E-state index contributed by atoms with van der Waals surface area (Å²) in [6.07, 6.45) is 38.5. The number of unbranched alkanes of at least 4 members (excludes halogenated alkanes) is 22. The second-order valence-corrected chi connectivity index (χ2v) is 21.2. The van der Waals surface area contributed by atoms with Crippen molar-refractivity contribution >= 4 is 0 Å². The Morgan fingerprint density at radius 1 is 0.281 bits per heavy atom. The van der Waals surface area contributed by atoms with Crippen molar-refractivity contribution in [3.05, 3.63) is 25.5 Å². The van der Waals surface area contributed by atoms with Gasteiger partial charge in [0.1, 0.15) is 0 Å². The minimum absolute atomic E-state index is 0. The predicted molar refractivity (Wildman–Crippen MR) is 265 cm³/mol. The molecule has 3 heteroatoms. The van der Waals surface area contributed by atoms with E-state index in [4.69, 9.17) is 10.6 Å². The van der Waals surface area contributed by atoms with E-state index in [0.717, 1.165) is 13.1 Å². The van der Waals surface area contributed by atoms with Crippen molar-refractivity contribution in [3.63, 3.8) is 0 Å². The first-order chi connectivity index (χ1) is 25.2. The number of hydrogen-bond donors (Lipinski definition) is 0. The summed E-state index contributed by atoms with van der Waals surface area (Å²) in [5.41, 5.74) is 1.16. The van der Waals surface area contributed by atoms with Gasteiger partial charge in [0, 0.05) is 0 Å². The van der Waals surface area contributed by atoms with E-state index in [1.807, 2.05) is 0 Å². The van der Waals surface area contributed by atoms with Gasteiger partial charge in [-0.2, -0.15) is 0 Å². The molecule has 2 nitrogen and oxygen atoms in total. The number of nitrogens with zero attached hydrogens (tertiary/aromatic N) is 2. The summed E-state index contributed by atoms with van der Waals surface area (Å²) in [7, 11) is 0. The molecule has 0 saturated carbocycles. The van der Waals surface area contributed by atoms with Gasteiger partial charge in [0.25, 0.3) is 0 Å². The zero-order valence-corrected chi connectivity index (χ0v) is 45.2. The summed E-state index contributed by atoms with van der Waals surface area (Å²) < 4.78 is 0. The molecule has 57 heavy (non-hydrogen) atoms. The van der Waals surface area contributed by atoms with Crippen molar-refractivity contribution < 1.29 is 21.7 Å². The van der Waals surface area contributed by atoms with Crippen LogP contribution in [0.1, 0.15) is 291 Å². The van der Waals surface area contributed by atoms with Gasteiger partial charge in [-0.1, -0.05) is 278 Å². The third-order valence-corrected chi connectivity index (χ3v) is 15.3. The van der Waals surface area contributed by atoms with Gasteiger partial charge in [0.15, 0.2) is 0 Å². The Labute approximate surface area is 381 Å². The van der Waals surface area contributed by atoms with Crippen molar-refractivity contribution in [1.29, 1.82) is 0 Å². The van der Waals surface area contributed by atoms with Gasteiger partial charge < -0.3 is 25.5 Å². The molecule has 0 unspecified atom stereocenters. The van der Waals surface area contributed by atoms with Crippen LogP contribution in [0.4, 0.5) is 0 Å². The van der Waals surface area contributed by atoms with Crippen LogP contribution in [0.15, 0.2) is 0 Å². The van der Waals surface area contributed by atoms with Gasteiger partial charge in [-0.05, 0) is 34.5 Å². The summed E-state index contributed by atoms with van der Waals surface area (Å²) in [6.45, 7) is 40.4. The maximum absolute atomic E-state index is 5.20. The fourth-order valence-electron chi connectivity index (χ4n) is 8.23. The molecule has 0 aromatic carbocycles. The van der Waals surface area contributed by atoms with Crippen LogP contribution >= 0.6 is 0 Å². The molecule has 0 spiro atoms. The molecule has 344 valence electrons. The van der Waals surface area contributed by atoms with Gasteiger partial charge in [-0.15, -0.1) is 24.2 Å². The molecule has 0 aromatic rings. The molecule has 0 fully saturated rings. The van der Waals surface area contributed by atoms with Crippen LogP contribution in [-0.4, -0.2) is 24.2 Å². The second kappa shape index (κ2) is 37.2. The molecule has 0 saturated heterocycles. The van der Waals surface area contributed by atoms with Gasteiger partial charge in [-0.3, -0.25) is 0 Å². The first kappa shape index (κ1) is 66.7. The Bertz CT molecular complexity index is 756. The van der Waals surface area contributed by atoms with E-state index in [-0.39, 0.29) is 58.5 Å². The average molecular weight is 839 g/mol. The zero-order valence-electron chi connectivity index (χ0n) is 43.6. The average Bonchev–Trinajstić information content (AvgIpc) is 3.10. The zero-order chi connectivity index (χ0) is 41.6. The summed E-state index contributed by atoms with van der Waals surface area (Å²) in [5, 5.41) is 10.4. The van der Waals surface area contributed by atoms with Crippen LogP contribution < -0.4 is 0 Å². The molecule has 0 N–H and O–H groups in total. The monoisotopic (exact) mass is 839 g/mol. The molecular formula is C54H114N2Ti. The maximum atomic E-state index is 5.20. The summed E-state index contributed by atoms with van der Waals surface area (Å²) in [6, 6.07) is 0. The van der Waals surface area contributed by atoms with E-state index < -0.39 is 0 Å². The molecule has 0 aromatic heterocycles. The Morgan fingerprint density at radius 3 is 0.702 bits per heavy atom. The Morgan fingerprint density at radius 2 is 0.474 bits per heavy atom. The van der Waals surface area contributed by atoms with Gasteiger partial charge in [-0.25, -0.2) is 0 Å². The van der Waals surface area contributed by atoms with Crippen LogP contribution in [0.25, 0.3) is 10.6 Å². The number of hydrogen-bond acceptors (Lipinski definition) is 0. The molecule has 0 aliphatic rings. The maximum Gasteiger partial charge on any atom is 4.00 e. The number of rotatable bonds is 36. The summed E-state index contributed by atoms with van der Waals surface area (Å²) in [4.78, 5) is 0. The third kappa shape index (κ3) is 28.8. The smallest absolute Gasteiger partial charge is 0.657 e. The molecule has 0 bridgehead atoms. The van der Waals surface area contributed by atoms with Crippen LogP contribution in [0.5, 0.6) is 0 Å². The fraction of sp³-hybridized carbons (Fsp3) is 0.963. The Kier molecular flexibility index (Phi) is 43.6. The van der Waals surface area contributed by atoms with Gasteiger partial charge in [0.2, 0.25) is 0 Å². The fourth-order valence-corrected chi connectivity index (χ4v) is 8.23. The normalized spacial score (nSPS) is 12.6. The standard InChI is InChI=1S/2C26H54N.2CH3.Ti/c2*1-9-11-13-15-16-17-19-21-23-27-26(7,8)25(5,6)24(3,4)22-20-18-14-12-10-2;;;/h2*9-23H2,1-8H3;2*1H3;/q4*-1;+4. The SMILES string of the molecule is CCCCCCCCCC[N-]C(C)(C)C(C)(C)C(C)(C)CCCCCCC.CCCCCCCCCC[N-]C(C)(C)C(C)(C)C(C)(C)CCCCCCC.[CH3-].[CH3-].[Ti+4]. The first-order valence-corrected chi connectivity index (χ1v) is 24.6. The van der Waals surface area contributed by atoms with Crippen LogP contribution in [-0.2, 0) is 21.7 Å². The quantitative estimate of drug-likeness (QED) is 0.0342. The molecule has 0 aliphatic heterocycles. The summed E-state index contributed by atoms with van der Waals surface area (Å²) >= 11 is 0. The van der Waals surface area contributed by atoms with Crippen molar-refractivity contribution in [2.75, 3.05) is 13.1 Å². The van der Waals surface area contributed by atoms with Crippen molar-refractivity contribution in [1.82, 2.24) is 0 Å². The predicted octanol–water partition coefficient (Wildman–Crippen LogP) is 20.3. The van der Waals surface area contributed by atoms with Crippen LogP contribution in [0.3, 0.4) is 0 Å². The molecule has 0 radical (unpaired) electrons. The molecule has 0 heterocycles. The first-order valence-electron chi connectivity index (χ1n) is 24.6. The molecule has 0 atom stereocenters. The third-order valence-electron chi connectivity index (χ3n) is 15.3. The summed E-state index contributed by atoms with van der Waals surface area (Å²) in [5.74, 6) is 0. The van der Waals surface area contributed by atoms with Crippen molar-refractivity contribution in [3.8, 4) is 0 Å². The van der Waals surface area contributed by atoms with E-state index in [1.165, 1.54) is 180 Å². The minimum atomic E-state index is 0. The van der Waals surface area contributed by atoms with Crippen molar-refractivity contribution in [2.24, 2.45) is 21.7 Å². The molecule has 0 aliphatic carbocycles. The van der Waals surface area contributed by atoms with Gasteiger partial charge >= 0.3 is 21.7 Å². The van der Waals surface area contributed by atoms with Crippen LogP contribution in [0, 0.1) is 36.5 Å². The van der Waals surface area contributed by atoms with Crippen molar-refractivity contribution in [2.45, 2.75) is 302 Å². The van der Waals surface area contributed by atoms with Gasteiger partial charge in [0.05, 0.1) is 0 Å². The molecule has 0 rings (SSSR count). The van der Waals surface area contributed by atoms with E-state index in [2.05, 4.69) is 111 Å².